The average Bonchev–Trinajstić information content (AvgIpc) is 3.23. The molecule has 1 atom stereocenters. The number of aryl methyl sites for hydroxylation is 1. The Hall–Kier alpha value is -2.87. The summed E-state index contributed by atoms with van der Waals surface area (Å²) in [4.78, 5) is 19.7. The van der Waals surface area contributed by atoms with Crippen LogP contribution in [0.1, 0.15) is 47.4 Å². The number of hydrogen-bond donors (Lipinski definition) is 3. The summed E-state index contributed by atoms with van der Waals surface area (Å²) in [6.07, 6.45) is 4.04. The SMILES string of the molecule is Cc1c(C(=O)N2CCN[C@H](C)C2)nc(Nc2cc(C3CC3)[nH]n2)c2ccoc12. The average molecular weight is 380 g/mol. The summed E-state index contributed by atoms with van der Waals surface area (Å²) in [7, 11) is 0. The number of pyridine rings is 1. The maximum Gasteiger partial charge on any atom is 0.273 e. The number of H-pyrrole nitrogens is 1. The van der Waals surface area contributed by atoms with Crippen molar-refractivity contribution in [2.24, 2.45) is 0 Å². The van der Waals surface area contributed by atoms with Crippen molar-refractivity contribution in [2.75, 3.05) is 25.0 Å². The van der Waals surface area contributed by atoms with Crippen molar-refractivity contribution in [3.8, 4) is 0 Å². The van der Waals surface area contributed by atoms with Gasteiger partial charge in [-0.1, -0.05) is 0 Å². The van der Waals surface area contributed by atoms with Crippen LogP contribution in [0.25, 0.3) is 11.0 Å². The van der Waals surface area contributed by atoms with Gasteiger partial charge in [-0.3, -0.25) is 9.89 Å². The molecule has 8 heteroatoms. The molecule has 2 aliphatic rings. The smallest absolute Gasteiger partial charge is 0.273 e. The van der Waals surface area contributed by atoms with Gasteiger partial charge in [-0.15, -0.1) is 0 Å². The Balaban J connectivity index is 1.50. The van der Waals surface area contributed by atoms with Crippen LogP contribution in [-0.4, -0.2) is 51.7 Å². The molecule has 1 saturated carbocycles. The van der Waals surface area contributed by atoms with Crippen LogP contribution in [0, 0.1) is 6.92 Å². The Morgan fingerprint density at radius 1 is 1.39 bits per heavy atom. The van der Waals surface area contributed by atoms with Crippen LogP contribution >= 0.6 is 0 Å². The normalized spacial score (nSPS) is 19.9. The number of furan rings is 1. The van der Waals surface area contributed by atoms with Gasteiger partial charge >= 0.3 is 0 Å². The summed E-state index contributed by atoms with van der Waals surface area (Å²) in [6.45, 7) is 6.10. The molecule has 0 aromatic carbocycles. The van der Waals surface area contributed by atoms with Crippen LogP contribution in [0.15, 0.2) is 22.8 Å². The number of nitrogens with one attached hydrogen (secondary N) is 3. The third kappa shape index (κ3) is 3.03. The van der Waals surface area contributed by atoms with E-state index < -0.39 is 0 Å². The molecule has 28 heavy (non-hydrogen) atoms. The van der Waals surface area contributed by atoms with Gasteiger partial charge in [-0.25, -0.2) is 4.98 Å². The zero-order valence-corrected chi connectivity index (χ0v) is 16.1. The molecule has 3 aromatic heterocycles. The summed E-state index contributed by atoms with van der Waals surface area (Å²) in [5.41, 5.74) is 3.02. The van der Waals surface area contributed by atoms with Crippen molar-refractivity contribution in [1.82, 2.24) is 25.4 Å². The van der Waals surface area contributed by atoms with Gasteiger partial charge in [0.05, 0.1) is 11.6 Å². The van der Waals surface area contributed by atoms with E-state index in [1.165, 1.54) is 12.8 Å². The highest BCUT2D eigenvalue weighted by molar-refractivity contribution is 6.01. The van der Waals surface area contributed by atoms with Crippen molar-refractivity contribution in [3.05, 3.63) is 35.3 Å². The molecule has 4 heterocycles. The quantitative estimate of drug-likeness (QED) is 0.644. The molecule has 1 saturated heterocycles. The van der Waals surface area contributed by atoms with Crippen molar-refractivity contribution in [2.45, 2.75) is 38.6 Å². The summed E-state index contributed by atoms with van der Waals surface area (Å²) in [6, 6.07) is 4.16. The second-order valence-electron chi connectivity index (χ2n) is 7.81. The molecular formula is C20H24N6O2. The van der Waals surface area contributed by atoms with E-state index in [0.29, 0.717) is 41.9 Å². The number of rotatable bonds is 4. The van der Waals surface area contributed by atoms with E-state index in [-0.39, 0.29) is 11.9 Å². The number of fused-ring (bicyclic) bond motifs is 1. The van der Waals surface area contributed by atoms with E-state index >= 15 is 0 Å². The van der Waals surface area contributed by atoms with Crippen LogP contribution in [0.2, 0.25) is 0 Å². The lowest BCUT2D eigenvalue weighted by Gasteiger charge is -2.32. The van der Waals surface area contributed by atoms with Gasteiger partial charge in [0, 0.05) is 48.9 Å². The fourth-order valence-electron chi connectivity index (χ4n) is 3.85. The minimum Gasteiger partial charge on any atom is -0.464 e. The van der Waals surface area contributed by atoms with E-state index in [9.17, 15) is 4.79 Å². The minimum absolute atomic E-state index is 0.0621. The first-order valence-electron chi connectivity index (χ1n) is 9.83. The zero-order valence-electron chi connectivity index (χ0n) is 16.1. The van der Waals surface area contributed by atoms with Gasteiger partial charge < -0.3 is 20.0 Å². The molecule has 0 radical (unpaired) electrons. The second-order valence-corrected chi connectivity index (χ2v) is 7.81. The third-order valence-corrected chi connectivity index (χ3v) is 5.56. The van der Waals surface area contributed by atoms with Crippen molar-refractivity contribution >= 4 is 28.5 Å². The van der Waals surface area contributed by atoms with Crippen LogP contribution < -0.4 is 10.6 Å². The van der Waals surface area contributed by atoms with Crippen LogP contribution in [-0.2, 0) is 0 Å². The summed E-state index contributed by atoms with van der Waals surface area (Å²) in [5.74, 6) is 1.83. The van der Waals surface area contributed by atoms with Gasteiger partial charge in [0.1, 0.15) is 17.1 Å². The number of carbonyl (C=O) groups is 1. The van der Waals surface area contributed by atoms with E-state index in [2.05, 4.69) is 27.8 Å². The first-order chi connectivity index (χ1) is 13.6. The van der Waals surface area contributed by atoms with Gasteiger partial charge in [-0.05, 0) is 32.8 Å². The minimum atomic E-state index is -0.0621. The highest BCUT2D eigenvalue weighted by Gasteiger charge is 2.28. The van der Waals surface area contributed by atoms with E-state index in [1.54, 1.807) is 6.26 Å². The molecule has 5 rings (SSSR count). The van der Waals surface area contributed by atoms with Crippen molar-refractivity contribution in [3.63, 3.8) is 0 Å². The Morgan fingerprint density at radius 2 is 2.25 bits per heavy atom. The predicted molar refractivity (Wildman–Crippen MR) is 106 cm³/mol. The molecule has 1 aliphatic heterocycles. The summed E-state index contributed by atoms with van der Waals surface area (Å²) < 4.78 is 5.69. The van der Waals surface area contributed by atoms with Gasteiger partial charge in [0.15, 0.2) is 5.82 Å². The number of aromatic amines is 1. The topological polar surface area (TPSA) is 99.1 Å². The Morgan fingerprint density at radius 3 is 3.04 bits per heavy atom. The van der Waals surface area contributed by atoms with Crippen molar-refractivity contribution < 1.29 is 9.21 Å². The maximum absolute atomic E-state index is 13.2. The maximum atomic E-state index is 13.2. The molecule has 2 fully saturated rings. The molecule has 0 unspecified atom stereocenters. The molecule has 3 aromatic rings. The Labute approximate surface area is 162 Å². The van der Waals surface area contributed by atoms with E-state index in [4.69, 9.17) is 9.40 Å². The molecule has 0 spiro atoms. The molecule has 3 N–H and O–H groups in total. The predicted octanol–water partition coefficient (Wildman–Crippen LogP) is 2.91. The number of nitrogens with zero attached hydrogens (tertiary/aromatic N) is 3. The van der Waals surface area contributed by atoms with E-state index in [0.717, 1.165) is 23.2 Å². The first-order valence-corrected chi connectivity index (χ1v) is 9.83. The number of hydrogen-bond acceptors (Lipinski definition) is 6. The summed E-state index contributed by atoms with van der Waals surface area (Å²) in [5, 5.41) is 14.9. The third-order valence-electron chi connectivity index (χ3n) is 5.56. The fourth-order valence-corrected chi connectivity index (χ4v) is 3.85. The van der Waals surface area contributed by atoms with Crippen LogP contribution in [0.3, 0.4) is 0 Å². The van der Waals surface area contributed by atoms with Gasteiger partial charge in [0.25, 0.3) is 5.91 Å². The van der Waals surface area contributed by atoms with Crippen LogP contribution in [0.5, 0.6) is 0 Å². The Bertz CT molecular complexity index is 1030. The number of amides is 1. The number of piperazine rings is 1. The lowest BCUT2D eigenvalue weighted by Crippen LogP contribution is -2.51. The molecular weight excluding hydrogens is 356 g/mol. The zero-order chi connectivity index (χ0) is 19.3. The first kappa shape index (κ1) is 17.2. The number of aromatic nitrogens is 3. The standard InChI is InChI=1S/C20H24N6O2/c1-11-10-26(7-6-21-11)20(27)17-12(2)18-14(5-8-28-18)19(23-17)22-16-9-15(24-25-16)13-3-4-13/h5,8-9,11,13,21H,3-4,6-7,10H2,1-2H3,(H2,22,23,24,25)/t11-/m1/s1. The van der Waals surface area contributed by atoms with Gasteiger partial charge in [-0.2, -0.15) is 5.10 Å². The lowest BCUT2D eigenvalue weighted by molar-refractivity contribution is 0.0702. The lowest BCUT2D eigenvalue weighted by atomic mass is 10.1. The van der Waals surface area contributed by atoms with Crippen molar-refractivity contribution in [1.29, 1.82) is 0 Å². The number of carbonyl (C=O) groups excluding carboxylic acids is 1. The highest BCUT2D eigenvalue weighted by Crippen LogP contribution is 2.40. The van der Waals surface area contributed by atoms with Crippen LogP contribution in [0.4, 0.5) is 11.6 Å². The molecule has 1 amide bonds. The fraction of sp³-hybridized carbons (Fsp3) is 0.450. The largest absolute Gasteiger partial charge is 0.464 e. The summed E-state index contributed by atoms with van der Waals surface area (Å²) >= 11 is 0. The highest BCUT2D eigenvalue weighted by atomic mass is 16.3. The van der Waals surface area contributed by atoms with E-state index in [1.807, 2.05) is 24.0 Å². The molecule has 8 nitrogen and oxygen atoms in total. The molecule has 146 valence electrons. The second kappa shape index (κ2) is 6.63. The molecule has 1 aliphatic carbocycles. The monoisotopic (exact) mass is 380 g/mol. The Kier molecular flexibility index (Phi) is 4.08. The number of anilines is 2. The van der Waals surface area contributed by atoms with Gasteiger partial charge in [0.2, 0.25) is 0 Å². The molecule has 0 bridgehead atoms.